The van der Waals surface area contributed by atoms with Crippen LogP contribution in [-0.2, 0) is 9.53 Å². The van der Waals surface area contributed by atoms with Gasteiger partial charge in [0.15, 0.2) is 0 Å². The summed E-state index contributed by atoms with van der Waals surface area (Å²) in [4.78, 5) is 10.4. The van der Waals surface area contributed by atoms with E-state index >= 15 is 0 Å². The molecule has 3 nitrogen and oxygen atoms in total. The van der Waals surface area contributed by atoms with Crippen molar-refractivity contribution in [3.05, 3.63) is 12.2 Å². The molecule has 0 bridgehead atoms. The molecule has 0 aromatic carbocycles. The van der Waals surface area contributed by atoms with Crippen molar-refractivity contribution >= 4 is 5.97 Å². The largest absolute Gasteiger partial charge is 0.463 e. The predicted molar refractivity (Wildman–Crippen MR) is 51.0 cm³/mol. The van der Waals surface area contributed by atoms with Crippen LogP contribution in [0.3, 0.4) is 0 Å². The highest BCUT2D eigenvalue weighted by Crippen LogP contribution is 1.89. The van der Waals surface area contributed by atoms with E-state index in [1.54, 1.807) is 13.8 Å². The van der Waals surface area contributed by atoms with E-state index in [2.05, 4.69) is 23.6 Å². The van der Waals surface area contributed by atoms with Crippen LogP contribution in [0.2, 0.25) is 0 Å². The zero-order valence-corrected chi connectivity index (χ0v) is 8.44. The van der Waals surface area contributed by atoms with Crippen LogP contribution in [0.1, 0.15) is 20.8 Å². The third kappa shape index (κ3) is 11.9. The molecule has 0 saturated heterocycles. The molecule has 12 heavy (non-hydrogen) atoms. The molecule has 0 spiro atoms. The van der Waals surface area contributed by atoms with Gasteiger partial charge in [-0.15, -0.1) is 0 Å². The predicted octanol–water partition coefficient (Wildman–Crippen LogP) is 1.35. The molecule has 0 radical (unpaired) electrons. The summed E-state index contributed by atoms with van der Waals surface area (Å²) in [5.41, 5.74) is 0.451. The summed E-state index contributed by atoms with van der Waals surface area (Å²) in [7, 11) is 1.93. The Balaban J connectivity index is 0. The summed E-state index contributed by atoms with van der Waals surface area (Å²) in [5.74, 6) is -0.312. The van der Waals surface area contributed by atoms with Crippen LogP contribution in [-0.4, -0.2) is 26.2 Å². The average molecular weight is 173 g/mol. The number of ether oxygens (including phenoxy) is 1. The lowest BCUT2D eigenvalue weighted by atomic mass is 10.4. The Morgan fingerprint density at radius 3 is 2.00 bits per heavy atom. The van der Waals surface area contributed by atoms with Crippen LogP contribution < -0.4 is 5.32 Å². The first-order valence-electron chi connectivity index (χ1n) is 4.07. The van der Waals surface area contributed by atoms with Crippen molar-refractivity contribution in [3.8, 4) is 0 Å². The summed E-state index contributed by atoms with van der Waals surface area (Å²) in [6.07, 6.45) is 0. The van der Waals surface area contributed by atoms with E-state index in [-0.39, 0.29) is 5.97 Å². The molecule has 3 heteroatoms. The van der Waals surface area contributed by atoms with Crippen LogP contribution >= 0.6 is 0 Å². The van der Waals surface area contributed by atoms with Gasteiger partial charge in [0, 0.05) is 5.57 Å². The molecule has 1 N–H and O–H groups in total. The smallest absolute Gasteiger partial charge is 0.333 e. The molecule has 0 saturated carbocycles. The van der Waals surface area contributed by atoms with Crippen LogP contribution in [0.25, 0.3) is 0 Å². The molecule has 0 heterocycles. The lowest BCUT2D eigenvalue weighted by Gasteiger charge is -1.96. The monoisotopic (exact) mass is 173 g/mol. The Kier molecular flexibility index (Phi) is 11.6. The van der Waals surface area contributed by atoms with Gasteiger partial charge in [0.1, 0.15) is 0 Å². The van der Waals surface area contributed by atoms with Gasteiger partial charge in [0.25, 0.3) is 0 Å². The minimum atomic E-state index is -0.312. The highest BCUT2D eigenvalue weighted by molar-refractivity contribution is 5.86. The Bertz CT molecular complexity index is 130. The molecule has 0 aromatic heterocycles. The molecule has 0 fully saturated rings. The van der Waals surface area contributed by atoms with Crippen molar-refractivity contribution in [2.45, 2.75) is 20.8 Å². The van der Waals surface area contributed by atoms with Gasteiger partial charge in [-0.25, -0.2) is 4.79 Å². The number of hydrogen-bond donors (Lipinski definition) is 1. The second kappa shape index (κ2) is 10.2. The van der Waals surface area contributed by atoms with Crippen molar-refractivity contribution in [2.24, 2.45) is 0 Å². The normalized spacial score (nSPS) is 8.00. The Labute approximate surface area is 74.8 Å². The van der Waals surface area contributed by atoms with Gasteiger partial charge in [0.05, 0.1) is 6.61 Å². The molecular weight excluding hydrogens is 154 g/mol. The van der Waals surface area contributed by atoms with E-state index in [0.29, 0.717) is 12.2 Å². The first kappa shape index (κ1) is 13.7. The fraction of sp³-hybridized carbons (Fsp3) is 0.667. The second-order valence-corrected chi connectivity index (χ2v) is 2.21. The third-order valence-corrected chi connectivity index (χ3v) is 0.977. The maximum Gasteiger partial charge on any atom is 0.333 e. The molecule has 0 rings (SSSR count). The number of carbonyl (C=O) groups excluding carboxylic acids is 1. The summed E-state index contributed by atoms with van der Waals surface area (Å²) < 4.78 is 4.56. The summed E-state index contributed by atoms with van der Waals surface area (Å²) in [6.45, 7) is 10.3. The fourth-order valence-corrected chi connectivity index (χ4v) is 0.254. The van der Waals surface area contributed by atoms with E-state index in [4.69, 9.17) is 0 Å². The van der Waals surface area contributed by atoms with Gasteiger partial charge in [-0.3, -0.25) is 0 Å². The van der Waals surface area contributed by atoms with Gasteiger partial charge in [-0.1, -0.05) is 13.5 Å². The molecule has 0 aliphatic heterocycles. The van der Waals surface area contributed by atoms with E-state index in [1.165, 1.54) is 0 Å². The highest BCUT2D eigenvalue weighted by atomic mass is 16.5. The molecule has 0 amide bonds. The molecule has 0 unspecified atom stereocenters. The van der Waals surface area contributed by atoms with Crippen molar-refractivity contribution < 1.29 is 9.53 Å². The zero-order chi connectivity index (χ0) is 9.98. The molecule has 0 atom stereocenters. The van der Waals surface area contributed by atoms with Crippen molar-refractivity contribution in [3.63, 3.8) is 0 Å². The molecule has 0 aromatic rings. The Hall–Kier alpha value is -0.830. The maximum atomic E-state index is 10.4. The zero-order valence-electron chi connectivity index (χ0n) is 8.44. The minimum Gasteiger partial charge on any atom is -0.463 e. The number of carbonyl (C=O) groups is 1. The molecule has 0 aliphatic carbocycles. The van der Waals surface area contributed by atoms with E-state index in [1.807, 2.05) is 7.05 Å². The summed E-state index contributed by atoms with van der Waals surface area (Å²) in [5, 5.41) is 2.93. The Morgan fingerprint density at radius 1 is 1.50 bits per heavy atom. The quantitative estimate of drug-likeness (QED) is 0.517. The van der Waals surface area contributed by atoms with Crippen LogP contribution in [0.15, 0.2) is 12.2 Å². The van der Waals surface area contributed by atoms with Crippen LogP contribution in [0.5, 0.6) is 0 Å². The van der Waals surface area contributed by atoms with E-state index in [0.717, 1.165) is 6.54 Å². The average Bonchev–Trinajstić information content (AvgIpc) is 2.05. The molecule has 72 valence electrons. The second-order valence-electron chi connectivity index (χ2n) is 2.21. The maximum absolute atomic E-state index is 10.4. The topological polar surface area (TPSA) is 38.3 Å². The SMILES string of the molecule is C=C(C)C(=O)OCC.CCNC. The van der Waals surface area contributed by atoms with Crippen LogP contribution in [0, 0.1) is 0 Å². The van der Waals surface area contributed by atoms with Gasteiger partial charge >= 0.3 is 5.97 Å². The Morgan fingerprint density at radius 2 is 1.92 bits per heavy atom. The molecular formula is C9H19NO2. The van der Waals surface area contributed by atoms with E-state index < -0.39 is 0 Å². The van der Waals surface area contributed by atoms with Crippen LogP contribution in [0.4, 0.5) is 0 Å². The number of nitrogens with one attached hydrogen (secondary N) is 1. The first-order valence-corrected chi connectivity index (χ1v) is 4.07. The standard InChI is InChI=1S/C6H10O2.C3H9N/c1-4-8-6(7)5(2)3;1-3-4-2/h2,4H2,1,3H3;4H,3H2,1-2H3. The highest BCUT2D eigenvalue weighted by Gasteiger charge is 1.98. The summed E-state index contributed by atoms with van der Waals surface area (Å²) in [6, 6.07) is 0. The van der Waals surface area contributed by atoms with Crippen molar-refractivity contribution in [2.75, 3.05) is 20.2 Å². The minimum absolute atomic E-state index is 0.312. The van der Waals surface area contributed by atoms with Crippen molar-refractivity contribution in [1.82, 2.24) is 5.32 Å². The van der Waals surface area contributed by atoms with E-state index in [9.17, 15) is 4.79 Å². The first-order chi connectivity index (χ1) is 5.59. The lowest BCUT2D eigenvalue weighted by Crippen LogP contribution is -2.03. The fourth-order valence-electron chi connectivity index (χ4n) is 0.254. The number of rotatable bonds is 3. The summed E-state index contributed by atoms with van der Waals surface area (Å²) >= 11 is 0. The lowest BCUT2D eigenvalue weighted by molar-refractivity contribution is -0.138. The van der Waals surface area contributed by atoms with Gasteiger partial charge < -0.3 is 10.1 Å². The molecule has 0 aliphatic rings. The van der Waals surface area contributed by atoms with Gasteiger partial charge in [0.2, 0.25) is 0 Å². The van der Waals surface area contributed by atoms with Gasteiger partial charge in [-0.05, 0) is 27.4 Å². The third-order valence-electron chi connectivity index (χ3n) is 0.977. The van der Waals surface area contributed by atoms with Crippen molar-refractivity contribution in [1.29, 1.82) is 0 Å². The number of hydrogen-bond acceptors (Lipinski definition) is 3. The number of esters is 1. The van der Waals surface area contributed by atoms with Gasteiger partial charge in [-0.2, -0.15) is 0 Å².